The average Bonchev–Trinajstić information content (AvgIpc) is 3.18. The monoisotopic (exact) mass is 505 g/mol. The van der Waals surface area contributed by atoms with E-state index in [1.54, 1.807) is 0 Å². The minimum absolute atomic E-state index is 0.0799. The topological polar surface area (TPSA) is 127 Å². The molecular weight excluding hydrogens is 478 g/mol. The van der Waals surface area contributed by atoms with Crippen molar-refractivity contribution in [3.63, 3.8) is 0 Å². The molecule has 1 fully saturated rings. The summed E-state index contributed by atoms with van der Waals surface area (Å²) in [6.45, 7) is 1.47. The van der Waals surface area contributed by atoms with Crippen LogP contribution in [0.4, 0.5) is 11.4 Å². The quantitative estimate of drug-likeness (QED) is 0.131. The molecule has 10 nitrogen and oxygen atoms in total. The molecule has 2 aliphatic rings. The Morgan fingerprint density at radius 3 is 2.54 bits per heavy atom. The molecule has 0 aromatic heterocycles. The summed E-state index contributed by atoms with van der Waals surface area (Å²) >= 11 is 0. The highest BCUT2D eigenvalue weighted by Gasteiger charge is 2.44. The summed E-state index contributed by atoms with van der Waals surface area (Å²) in [6, 6.07) is 10.3. The third-order valence-corrected chi connectivity index (χ3v) is 6.48. The van der Waals surface area contributed by atoms with Crippen LogP contribution in [0.2, 0.25) is 0 Å². The minimum atomic E-state index is -1.04. The Bertz CT molecular complexity index is 1270. The third-order valence-electron chi connectivity index (χ3n) is 6.48. The first-order chi connectivity index (χ1) is 17.7. The number of nitro groups is 1. The Labute approximate surface area is 213 Å². The number of esters is 1. The van der Waals surface area contributed by atoms with Gasteiger partial charge < -0.3 is 9.64 Å². The summed E-state index contributed by atoms with van der Waals surface area (Å²) in [5, 5.41) is 11.3. The van der Waals surface area contributed by atoms with Crippen molar-refractivity contribution < 1.29 is 28.8 Å². The smallest absolute Gasteiger partial charge is 0.308 e. The summed E-state index contributed by atoms with van der Waals surface area (Å²) in [4.78, 5) is 64.2. The van der Waals surface area contributed by atoms with Gasteiger partial charge in [0.15, 0.2) is 0 Å². The SMILES string of the molecule is CC(=O)Oc1ccc(N2C(=O)CC(N(CCC3=CCCCC3)C(=O)c3cccc([N+](=O)[O-])c3)C2=O)cc1. The van der Waals surface area contributed by atoms with Crippen molar-refractivity contribution in [3.05, 3.63) is 75.9 Å². The molecule has 2 aromatic carbocycles. The van der Waals surface area contributed by atoms with Crippen molar-refractivity contribution in [2.45, 2.75) is 51.5 Å². The first kappa shape index (κ1) is 25.7. The van der Waals surface area contributed by atoms with Crippen LogP contribution in [0.15, 0.2) is 60.2 Å². The van der Waals surface area contributed by atoms with Gasteiger partial charge >= 0.3 is 5.97 Å². The fourth-order valence-electron chi connectivity index (χ4n) is 4.67. The number of allylic oxidation sites excluding steroid dienone is 1. The van der Waals surface area contributed by atoms with E-state index in [4.69, 9.17) is 4.74 Å². The number of amides is 3. The molecule has 1 atom stereocenters. The van der Waals surface area contributed by atoms with Crippen molar-refractivity contribution >= 4 is 35.1 Å². The molecule has 3 amide bonds. The van der Waals surface area contributed by atoms with Crippen LogP contribution in [0.3, 0.4) is 0 Å². The third kappa shape index (κ3) is 5.91. The van der Waals surface area contributed by atoms with Gasteiger partial charge in [0.2, 0.25) is 5.91 Å². The lowest BCUT2D eigenvalue weighted by Gasteiger charge is -2.28. The number of nitrogens with zero attached hydrogens (tertiary/aromatic N) is 3. The summed E-state index contributed by atoms with van der Waals surface area (Å²) in [5.41, 5.74) is 1.34. The van der Waals surface area contributed by atoms with Crippen LogP contribution in [-0.4, -0.2) is 46.1 Å². The highest BCUT2D eigenvalue weighted by molar-refractivity contribution is 6.23. The molecule has 1 heterocycles. The van der Waals surface area contributed by atoms with Gasteiger partial charge in [-0.1, -0.05) is 17.7 Å². The normalized spacial score (nSPS) is 17.4. The fraction of sp³-hybridized carbons (Fsp3) is 0.333. The molecule has 37 heavy (non-hydrogen) atoms. The van der Waals surface area contributed by atoms with Crippen LogP contribution in [0, 0.1) is 10.1 Å². The Kier molecular flexibility index (Phi) is 7.76. The first-order valence-corrected chi connectivity index (χ1v) is 12.1. The van der Waals surface area contributed by atoms with Gasteiger partial charge in [0.05, 0.1) is 17.0 Å². The zero-order chi connectivity index (χ0) is 26.5. The number of hydrogen-bond donors (Lipinski definition) is 0. The van der Waals surface area contributed by atoms with Gasteiger partial charge in [0.1, 0.15) is 11.8 Å². The molecule has 0 N–H and O–H groups in total. The summed E-state index contributed by atoms with van der Waals surface area (Å²) in [5.74, 6) is -1.79. The van der Waals surface area contributed by atoms with E-state index < -0.39 is 34.7 Å². The van der Waals surface area contributed by atoms with Gasteiger partial charge in [-0.2, -0.15) is 0 Å². The highest BCUT2D eigenvalue weighted by Crippen LogP contribution is 2.30. The highest BCUT2D eigenvalue weighted by atomic mass is 16.6. The Morgan fingerprint density at radius 1 is 1.14 bits per heavy atom. The number of carbonyl (C=O) groups is 4. The second-order valence-electron chi connectivity index (χ2n) is 9.04. The standard InChI is InChI=1S/C27H27N3O7/c1-18(31)37-23-12-10-21(11-13-23)29-25(32)17-24(27(29)34)28(15-14-19-6-3-2-4-7-19)26(33)20-8-5-9-22(16-20)30(35)36/h5-6,8-13,16,24H,2-4,7,14-15,17H2,1H3. The average molecular weight is 506 g/mol. The zero-order valence-corrected chi connectivity index (χ0v) is 20.4. The second-order valence-corrected chi connectivity index (χ2v) is 9.04. The van der Waals surface area contributed by atoms with E-state index in [0.29, 0.717) is 12.1 Å². The molecule has 1 unspecified atom stereocenters. The number of hydrogen-bond acceptors (Lipinski definition) is 7. The van der Waals surface area contributed by atoms with Crippen LogP contribution >= 0.6 is 0 Å². The van der Waals surface area contributed by atoms with E-state index in [2.05, 4.69) is 6.08 Å². The number of ether oxygens (including phenoxy) is 1. The van der Waals surface area contributed by atoms with Crippen molar-refractivity contribution in [1.29, 1.82) is 0 Å². The number of imide groups is 1. The fourth-order valence-corrected chi connectivity index (χ4v) is 4.67. The number of anilines is 1. The van der Waals surface area contributed by atoms with Gasteiger partial charge in [0, 0.05) is 31.2 Å². The number of carbonyl (C=O) groups excluding carboxylic acids is 4. The Morgan fingerprint density at radius 2 is 1.89 bits per heavy atom. The van der Waals surface area contributed by atoms with E-state index >= 15 is 0 Å². The molecule has 0 spiro atoms. The van der Waals surface area contributed by atoms with Gasteiger partial charge in [-0.15, -0.1) is 0 Å². The number of benzene rings is 2. The summed E-state index contributed by atoms with van der Waals surface area (Å²) < 4.78 is 5.01. The molecule has 4 rings (SSSR count). The summed E-state index contributed by atoms with van der Waals surface area (Å²) in [7, 11) is 0. The number of rotatable bonds is 8. The van der Waals surface area contributed by atoms with Gasteiger partial charge in [-0.05, 0) is 62.4 Å². The molecule has 2 aromatic rings. The van der Waals surface area contributed by atoms with Crippen molar-refractivity contribution in [1.82, 2.24) is 4.90 Å². The minimum Gasteiger partial charge on any atom is -0.427 e. The molecule has 1 aliphatic heterocycles. The number of non-ortho nitro benzene ring substituents is 1. The molecule has 0 saturated carbocycles. The van der Waals surface area contributed by atoms with Crippen LogP contribution in [0.25, 0.3) is 0 Å². The van der Waals surface area contributed by atoms with Gasteiger partial charge in [-0.3, -0.25) is 29.3 Å². The van der Waals surface area contributed by atoms with Crippen LogP contribution in [-0.2, 0) is 14.4 Å². The lowest BCUT2D eigenvalue weighted by Crippen LogP contribution is -2.46. The lowest BCUT2D eigenvalue weighted by molar-refractivity contribution is -0.384. The van der Waals surface area contributed by atoms with Gasteiger partial charge in [0.25, 0.3) is 17.5 Å². The first-order valence-electron chi connectivity index (χ1n) is 12.1. The maximum absolute atomic E-state index is 13.6. The molecule has 1 aliphatic carbocycles. The Balaban J connectivity index is 1.61. The van der Waals surface area contributed by atoms with Crippen LogP contribution < -0.4 is 9.64 Å². The van der Waals surface area contributed by atoms with E-state index in [9.17, 15) is 29.3 Å². The molecule has 10 heteroatoms. The zero-order valence-electron chi connectivity index (χ0n) is 20.4. The molecular formula is C27H27N3O7. The molecule has 1 saturated heterocycles. The maximum atomic E-state index is 13.6. The van der Waals surface area contributed by atoms with E-state index in [1.807, 2.05) is 0 Å². The number of nitro benzene ring substituents is 1. The van der Waals surface area contributed by atoms with Crippen molar-refractivity contribution in [2.24, 2.45) is 0 Å². The van der Waals surface area contributed by atoms with Crippen LogP contribution in [0.5, 0.6) is 5.75 Å². The molecule has 0 bridgehead atoms. The maximum Gasteiger partial charge on any atom is 0.308 e. The Hall–Kier alpha value is -4.34. The second kappa shape index (κ2) is 11.2. The van der Waals surface area contributed by atoms with Crippen molar-refractivity contribution in [3.8, 4) is 5.75 Å². The predicted octanol–water partition coefficient (Wildman–Crippen LogP) is 4.18. The lowest BCUT2D eigenvalue weighted by atomic mass is 9.96. The van der Waals surface area contributed by atoms with E-state index in [-0.39, 0.29) is 30.0 Å². The van der Waals surface area contributed by atoms with Crippen LogP contribution in [0.1, 0.15) is 55.8 Å². The van der Waals surface area contributed by atoms with E-state index in [1.165, 1.54) is 65.9 Å². The summed E-state index contributed by atoms with van der Waals surface area (Å²) in [6.07, 6.45) is 6.55. The van der Waals surface area contributed by atoms with E-state index in [0.717, 1.165) is 30.6 Å². The van der Waals surface area contributed by atoms with Crippen molar-refractivity contribution in [2.75, 3.05) is 11.4 Å². The molecule has 0 radical (unpaired) electrons. The predicted molar refractivity (Wildman–Crippen MR) is 134 cm³/mol. The largest absolute Gasteiger partial charge is 0.427 e. The molecule has 192 valence electrons. The van der Waals surface area contributed by atoms with Gasteiger partial charge in [-0.25, -0.2) is 4.90 Å².